The SMILES string of the molecule is C=C/C=C(\C)CCCC(C)(O)CCC[CH-]C. The smallest absolute Gasteiger partial charge is 0.0619 e. The molecule has 0 aromatic heterocycles. The third-order valence-corrected chi connectivity index (χ3v) is 2.90. The molecule has 0 rings (SSSR count). The van der Waals surface area contributed by atoms with Crippen LogP contribution in [0.3, 0.4) is 0 Å². The van der Waals surface area contributed by atoms with E-state index in [4.69, 9.17) is 0 Å². The second-order valence-electron chi connectivity index (χ2n) is 4.90. The molecule has 0 spiro atoms. The van der Waals surface area contributed by atoms with Gasteiger partial charge in [-0.25, -0.2) is 0 Å². The fourth-order valence-electron chi connectivity index (χ4n) is 1.84. The monoisotopic (exact) mass is 223 g/mol. The van der Waals surface area contributed by atoms with Crippen molar-refractivity contribution in [1.29, 1.82) is 0 Å². The van der Waals surface area contributed by atoms with Crippen molar-refractivity contribution >= 4 is 0 Å². The van der Waals surface area contributed by atoms with E-state index >= 15 is 0 Å². The number of hydrogen-bond acceptors (Lipinski definition) is 1. The highest BCUT2D eigenvalue weighted by atomic mass is 16.3. The summed E-state index contributed by atoms with van der Waals surface area (Å²) in [5.41, 5.74) is 0.852. The Labute approximate surface area is 101 Å². The Hall–Kier alpha value is -0.560. The normalized spacial score (nSPS) is 15.9. The Morgan fingerprint density at radius 1 is 1.38 bits per heavy atom. The van der Waals surface area contributed by atoms with Crippen LogP contribution in [0.2, 0.25) is 0 Å². The average Bonchev–Trinajstić information content (AvgIpc) is 2.18. The summed E-state index contributed by atoms with van der Waals surface area (Å²) in [6.45, 7) is 9.81. The number of unbranched alkanes of at least 4 members (excludes halogenated alkanes) is 2. The highest BCUT2D eigenvalue weighted by molar-refractivity contribution is 5.07. The Bertz CT molecular complexity index is 213. The van der Waals surface area contributed by atoms with Crippen molar-refractivity contribution in [2.24, 2.45) is 0 Å². The number of rotatable bonds is 9. The molecular weight excluding hydrogens is 196 g/mol. The van der Waals surface area contributed by atoms with Crippen LogP contribution in [0.15, 0.2) is 24.3 Å². The molecule has 1 unspecified atom stereocenters. The molecular formula is C15H27O-. The molecule has 0 radical (unpaired) electrons. The molecule has 1 N–H and O–H groups in total. The van der Waals surface area contributed by atoms with Crippen LogP contribution in [-0.2, 0) is 0 Å². The summed E-state index contributed by atoms with van der Waals surface area (Å²) in [7, 11) is 0. The Morgan fingerprint density at radius 2 is 2.00 bits per heavy atom. The van der Waals surface area contributed by atoms with E-state index in [1.54, 1.807) is 0 Å². The topological polar surface area (TPSA) is 20.2 Å². The van der Waals surface area contributed by atoms with Gasteiger partial charge in [-0.1, -0.05) is 30.7 Å². The van der Waals surface area contributed by atoms with Gasteiger partial charge in [0.15, 0.2) is 0 Å². The highest BCUT2D eigenvalue weighted by Crippen LogP contribution is 2.22. The van der Waals surface area contributed by atoms with Gasteiger partial charge in [-0.05, 0) is 39.5 Å². The van der Waals surface area contributed by atoms with Crippen LogP contribution in [0.4, 0.5) is 0 Å². The van der Waals surface area contributed by atoms with E-state index in [1.165, 1.54) is 5.57 Å². The summed E-state index contributed by atoms with van der Waals surface area (Å²) < 4.78 is 0. The molecule has 0 amide bonds. The fraction of sp³-hybridized carbons (Fsp3) is 0.667. The zero-order chi connectivity index (χ0) is 12.4. The quantitative estimate of drug-likeness (QED) is 0.348. The van der Waals surface area contributed by atoms with Crippen LogP contribution >= 0.6 is 0 Å². The molecule has 0 heterocycles. The number of hydrogen-bond donors (Lipinski definition) is 1. The van der Waals surface area contributed by atoms with Crippen LogP contribution in [0, 0.1) is 6.42 Å². The minimum atomic E-state index is -0.489. The van der Waals surface area contributed by atoms with Crippen molar-refractivity contribution in [3.8, 4) is 0 Å². The summed E-state index contributed by atoms with van der Waals surface area (Å²) in [5.74, 6) is 0. The maximum absolute atomic E-state index is 10.1. The first kappa shape index (κ1) is 15.4. The summed E-state index contributed by atoms with van der Waals surface area (Å²) in [5, 5.41) is 10.1. The minimum absolute atomic E-state index is 0.489. The maximum Gasteiger partial charge on any atom is 0.0619 e. The third kappa shape index (κ3) is 8.72. The second-order valence-corrected chi connectivity index (χ2v) is 4.90. The van der Waals surface area contributed by atoms with Crippen LogP contribution < -0.4 is 0 Å². The fourth-order valence-corrected chi connectivity index (χ4v) is 1.84. The first-order chi connectivity index (χ1) is 7.52. The van der Waals surface area contributed by atoms with E-state index in [2.05, 4.69) is 26.8 Å². The number of aliphatic hydroxyl groups is 1. The Morgan fingerprint density at radius 3 is 2.56 bits per heavy atom. The molecule has 0 saturated carbocycles. The molecule has 0 aliphatic rings. The lowest BCUT2D eigenvalue weighted by atomic mass is 9.91. The van der Waals surface area contributed by atoms with Crippen molar-refractivity contribution in [3.05, 3.63) is 30.7 Å². The standard InChI is InChI=1S/C15H27O/c1-5-7-8-12-15(4,16)13-9-11-14(3)10-6-2/h5-6,10,16H,2,7-9,11-13H2,1,3-4H3/q-1/b14-10+. The molecule has 1 atom stereocenters. The zero-order valence-corrected chi connectivity index (χ0v) is 11.1. The summed E-state index contributed by atoms with van der Waals surface area (Å²) >= 11 is 0. The lowest BCUT2D eigenvalue weighted by molar-refractivity contribution is 0.0381. The maximum atomic E-state index is 10.1. The van der Waals surface area contributed by atoms with Gasteiger partial charge in [-0.3, -0.25) is 0 Å². The van der Waals surface area contributed by atoms with E-state index in [1.807, 2.05) is 19.1 Å². The molecule has 0 fully saturated rings. The van der Waals surface area contributed by atoms with E-state index in [0.29, 0.717) is 0 Å². The van der Waals surface area contributed by atoms with Gasteiger partial charge in [-0.2, -0.15) is 13.3 Å². The predicted molar refractivity (Wildman–Crippen MR) is 72.3 cm³/mol. The molecule has 1 nitrogen and oxygen atoms in total. The Balaban J connectivity index is 3.72. The molecule has 0 saturated heterocycles. The third-order valence-electron chi connectivity index (χ3n) is 2.90. The molecule has 0 aromatic carbocycles. The predicted octanol–water partition coefficient (Wildman–Crippen LogP) is 4.43. The molecule has 94 valence electrons. The second kappa shape index (κ2) is 8.58. The molecule has 0 aliphatic carbocycles. The molecule has 16 heavy (non-hydrogen) atoms. The summed E-state index contributed by atoms with van der Waals surface area (Å²) in [6.07, 6.45) is 12.1. The average molecular weight is 223 g/mol. The van der Waals surface area contributed by atoms with Crippen molar-refractivity contribution in [2.75, 3.05) is 0 Å². The van der Waals surface area contributed by atoms with Gasteiger partial charge in [-0.15, -0.1) is 0 Å². The lowest BCUT2D eigenvalue weighted by Gasteiger charge is -2.24. The molecule has 0 bridgehead atoms. The first-order valence-electron chi connectivity index (χ1n) is 6.30. The zero-order valence-electron chi connectivity index (χ0n) is 11.1. The van der Waals surface area contributed by atoms with Gasteiger partial charge in [0.05, 0.1) is 5.60 Å². The minimum Gasteiger partial charge on any atom is -0.390 e. The molecule has 0 aliphatic heterocycles. The number of allylic oxidation sites excluding steroid dienone is 3. The first-order valence-corrected chi connectivity index (χ1v) is 6.30. The van der Waals surface area contributed by atoms with Crippen molar-refractivity contribution in [2.45, 2.75) is 64.9 Å². The van der Waals surface area contributed by atoms with Crippen molar-refractivity contribution < 1.29 is 5.11 Å². The van der Waals surface area contributed by atoms with Gasteiger partial charge in [0.25, 0.3) is 0 Å². The van der Waals surface area contributed by atoms with Gasteiger partial charge < -0.3 is 11.5 Å². The highest BCUT2D eigenvalue weighted by Gasteiger charge is 2.18. The Kier molecular flexibility index (Phi) is 8.28. The van der Waals surface area contributed by atoms with E-state index in [-0.39, 0.29) is 0 Å². The molecule has 1 heteroatoms. The van der Waals surface area contributed by atoms with Gasteiger partial charge in [0.1, 0.15) is 0 Å². The van der Waals surface area contributed by atoms with Crippen LogP contribution in [-0.4, -0.2) is 10.7 Å². The van der Waals surface area contributed by atoms with Gasteiger partial charge in [0, 0.05) is 0 Å². The lowest BCUT2D eigenvalue weighted by Crippen LogP contribution is -2.23. The van der Waals surface area contributed by atoms with Crippen LogP contribution in [0.5, 0.6) is 0 Å². The summed E-state index contributed by atoms with van der Waals surface area (Å²) in [6, 6.07) is 0. The van der Waals surface area contributed by atoms with Gasteiger partial charge >= 0.3 is 0 Å². The largest absolute Gasteiger partial charge is 0.390 e. The van der Waals surface area contributed by atoms with Crippen LogP contribution in [0.25, 0.3) is 0 Å². The van der Waals surface area contributed by atoms with Crippen molar-refractivity contribution in [3.63, 3.8) is 0 Å². The van der Waals surface area contributed by atoms with E-state index in [0.717, 1.165) is 38.5 Å². The van der Waals surface area contributed by atoms with Crippen LogP contribution in [0.1, 0.15) is 59.3 Å². The molecule has 0 aromatic rings. The summed E-state index contributed by atoms with van der Waals surface area (Å²) in [4.78, 5) is 0. The van der Waals surface area contributed by atoms with Gasteiger partial charge in [0.2, 0.25) is 0 Å². The van der Waals surface area contributed by atoms with Crippen molar-refractivity contribution in [1.82, 2.24) is 0 Å². The van der Waals surface area contributed by atoms with E-state index < -0.39 is 5.60 Å². The van der Waals surface area contributed by atoms with E-state index in [9.17, 15) is 5.11 Å².